The number of aliphatic hydroxyl groups is 1. The van der Waals surface area contributed by atoms with Gasteiger partial charge >= 0.3 is 0 Å². The average Bonchev–Trinajstić information content (AvgIpc) is 3.59. The van der Waals surface area contributed by atoms with Crippen LogP contribution in [0.3, 0.4) is 0 Å². The Morgan fingerprint density at radius 2 is 2.09 bits per heavy atom. The molecule has 0 bridgehead atoms. The lowest BCUT2D eigenvalue weighted by Gasteiger charge is -2.29. The maximum absolute atomic E-state index is 14.7. The van der Waals surface area contributed by atoms with Gasteiger partial charge in [-0.2, -0.15) is 0 Å². The van der Waals surface area contributed by atoms with Gasteiger partial charge in [0.15, 0.2) is 11.6 Å². The Kier molecular flexibility index (Phi) is 6.09. The van der Waals surface area contributed by atoms with Gasteiger partial charge in [0.1, 0.15) is 23.3 Å². The highest BCUT2D eigenvalue weighted by molar-refractivity contribution is 6.09. The van der Waals surface area contributed by atoms with Gasteiger partial charge in [0.05, 0.1) is 36.9 Å². The van der Waals surface area contributed by atoms with Gasteiger partial charge < -0.3 is 30.2 Å². The van der Waals surface area contributed by atoms with Crippen molar-refractivity contribution in [2.45, 2.75) is 38.3 Å². The van der Waals surface area contributed by atoms with Crippen LogP contribution in [0.4, 0.5) is 4.39 Å². The van der Waals surface area contributed by atoms with E-state index in [1.54, 1.807) is 6.92 Å². The lowest BCUT2D eigenvalue weighted by molar-refractivity contribution is 0.0766. The molecule has 9 nitrogen and oxygen atoms in total. The molecule has 2 atom stereocenters. The Labute approximate surface area is 196 Å². The first kappa shape index (κ1) is 22.5. The first-order chi connectivity index (χ1) is 16.5. The van der Waals surface area contributed by atoms with Crippen LogP contribution in [0, 0.1) is 18.7 Å². The molecule has 1 aliphatic heterocycles. The summed E-state index contributed by atoms with van der Waals surface area (Å²) in [6.07, 6.45) is 3.55. The van der Waals surface area contributed by atoms with Crippen LogP contribution >= 0.6 is 0 Å². The molecule has 180 valence electrons. The molecule has 1 aromatic carbocycles. The van der Waals surface area contributed by atoms with Gasteiger partial charge in [0, 0.05) is 23.9 Å². The molecular weight excluding hydrogens is 441 g/mol. The van der Waals surface area contributed by atoms with Gasteiger partial charge in [-0.3, -0.25) is 4.79 Å². The third-order valence-corrected chi connectivity index (χ3v) is 6.45. The van der Waals surface area contributed by atoms with Crippen molar-refractivity contribution >= 4 is 16.9 Å². The topological polar surface area (TPSA) is 121 Å². The summed E-state index contributed by atoms with van der Waals surface area (Å²) in [5, 5.41) is 16.2. The number of nitrogens with one attached hydrogen (secondary N) is 3. The number of aliphatic hydroxyl groups excluding tert-OH is 1. The third kappa shape index (κ3) is 4.30. The van der Waals surface area contributed by atoms with Crippen molar-refractivity contribution in [3.05, 3.63) is 35.5 Å². The minimum atomic E-state index is -0.665. The Hall–Kier alpha value is -3.24. The van der Waals surface area contributed by atoms with E-state index in [4.69, 9.17) is 9.47 Å². The fourth-order valence-electron chi connectivity index (χ4n) is 4.34. The quantitative estimate of drug-likeness (QED) is 0.419. The fraction of sp³-hybridized carbons (Fsp3) is 0.458. The first-order valence-electron chi connectivity index (χ1n) is 11.5. The lowest BCUT2D eigenvalue weighted by Crippen LogP contribution is -2.52. The number of aryl methyl sites for hydroxylation is 1. The van der Waals surface area contributed by atoms with Crippen LogP contribution in [-0.2, 0) is 0 Å². The molecular formula is C24H28FN5O4. The minimum absolute atomic E-state index is 0.0862. The van der Waals surface area contributed by atoms with E-state index in [1.807, 2.05) is 0 Å². The zero-order valence-corrected chi connectivity index (χ0v) is 19.2. The second kappa shape index (κ2) is 9.19. The second-order valence-electron chi connectivity index (χ2n) is 8.95. The van der Waals surface area contributed by atoms with E-state index in [2.05, 4.69) is 25.6 Å². The Bertz CT molecular complexity index is 1230. The number of carbonyl (C=O) groups is 1. The highest BCUT2D eigenvalue weighted by atomic mass is 19.1. The summed E-state index contributed by atoms with van der Waals surface area (Å²) in [6, 6.07) is 2.52. The zero-order chi connectivity index (χ0) is 23.8. The number of nitrogens with zero attached hydrogens (tertiary/aromatic N) is 2. The van der Waals surface area contributed by atoms with Crippen molar-refractivity contribution in [2.75, 3.05) is 26.8 Å². The van der Waals surface area contributed by atoms with Gasteiger partial charge in [0.2, 0.25) is 0 Å². The monoisotopic (exact) mass is 469 g/mol. The molecule has 0 spiro atoms. The minimum Gasteiger partial charge on any atom is -0.494 e. The van der Waals surface area contributed by atoms with Crippen molar-refractivity contribution in [3.63, 3.8) is 0 Å². The van der Waals surface area contributed by atoms with Gasteiger partial charge in [-0.15, -0.1) is 0 Å². The molecule has 3 aromatic rings. The molecule has 4 N–H and O–H groups in total. The van der Waals surface area contributed by atoms with Crippen LogP contribution < -0.4 is 20.1 Å². The molecule has 34 heavy (non-hydrogen) atoms. The standard InChI is InChI=1S/C24H28FN5O4/c1-12-20(24(32)30-16-5-6-26-9-17(16)31)22-23(29-12)21(27-11-28-22)14-7-15(25)19(33-2)8-18(14)34-10-13-3-4-13/h7-8,11,13,16-17,26,29,31H,3-6,9-10H2,1-2H3,(H,30,32)/t16-,17+/m1/s1. The van der Waals surface area contributed by atoms with Crippen LogP contribution in [0.5, 0.6) is 11.5 Å². The molecule has 1 aliphatic carbocycles. The number of ether oxygens (including phenoxy) is 2. The normalized spacial score (nSPS) is 20.4. The summed E-state index contributed by atoms with van der Waals surface area (Å²) in [6.45, 7) is 3.45. The molecule has 1 saturated carbocycles. The Morgan fingerprint density at radius 3 is 2.82 bits per heavy atom. The highest BCUT2D eigenvalue weighted by Gasteiger charge is 2.29. The van der Waals surface area contributed by atoms with Crippen LogP contribution in [-0.4, -0.2) is 64.9 Å². The third-order valence-electron chi connectivity index (χ3n) is 6.45. The largest absolute Gasteiger partial charge is 0.494 e. The van der Waals surface area contributed by atoms with Crippen LogP contribution in [0.25, 0.3) is 22.3 Å². The number of aromatic nitrogens is 3. The molecule has 3 heterocycles. The number of β-amino-alcohol motifs (C(OH)–C–C–N with tert-alkyl or cyclic N) is 1. The van der Waals surface area contributed by atoms with Crippen LogP contribution in [0.15, 0.2) is 18.5 Å². The van der Waals surface area contributed by atoms with Crippen molar-refractivity contribution in [2.24, 2.45) is 5.92 Å². The average molecular weight is 470 g/mol. The predicted molar refractivity (Wildman–Crippen MR) is 124 cm³/mol. The number of halogens is 1. The lowest BCUT2D eigenvalue weighted by atomic mass is 10.0. The number of piperidine rings is 1. The number of benzene rings is 1. The molecule has 0 radical (unpaired) electrons. The molecule has 0 unspecified atom stereocenters. The summed E-state index contributed by atoms with van der Waals surface area (Å²) >= 11 is 0. The number of carbonyl (C=O) groups excluding carboxylic acids is 1. The number of rotatable bonds is 7. The van der Waals surface area contributed by atoms with Crippen molar-refractivity contribution in [1.29, 1.82) is 0 Å². The van der Waals surface area contributed by atoms with Gasteiger partial charge in [0.25, 0.3) is 5.91 Å². The maximum atomic E-state index is 14.7. The molecule has 1 saturated heterocycles. The SMILES string of the molecule is COc1cc(OCC2CC2)c(-c2ncnc3c(C(=O)N[C@@H]4CCNC[C@@H]4O)c(C)[nH]c23)cc1F. The molecule has 2 aliphatic rings. The molecule has 10 heteroatoms. The smallest absolute Gasteiger partial charge is 0.255 e. The molecule has 5 rings (SSSR count). The predicted octanol–water partition coefficient (Wildman–Crippen LogP) is 2.32. The van der Waals surface area contributed by atoms with Gasteiger partial charge in [-0.05, 0) is 44.7 Å². The highest BCUT2D eigenvalue weighted by Crippen LogP contribution is 2.39. The Morgan fingerprint density at radius 1 is 1.26 bits per heavy atom. The number of H-pyrrole nitrogens is 1. The van der Waals surface area contributed by atoms with Crippen LogP contribution in [0.2, 0.25) is 0 Å². The summed E-state index contributed by atoms with van der Waals surface area (Å²) in [4.78, 5) is 25.1. The Balaban J connectivity index is 1.54. The number of hydrogen-bond donors (Lipinski definition) is 4. The summed E-state index contributed by atoms with van der Waals surface area (Å²) < 4.78 is 25.9. The van der Waals surface area contributed by atoms with E-state index in [1.165, 1.54) is 25.6 Å². The number of fused-ring (bicyclic) bond motifs is 1. The van der Waals surface area contributed by atoms with Crippen molar-refractivity contribution in [3.8, 4) is 22.8 Å². The van der Waals surface area contributed by atoms with Crippen LogP contribution in [0.1, 0.15) is 35.3 Å². The van der Waals surface area contributed by atoms with E-state index in [0.29, 0.717) is 71.3 Å². The fourth-order valence-corrected chi connectivity index (χ4v) is 4.34. The zero-order valence-electron chi connectivity index (χ0n) is 19.2. The second-order valence-corrected chi connectivity index (χ2v) is 8.95. The van der Waals surface area contributed by atoms with Gasteiger partial charge in [-0.25, -0.2) is 14.4 Å². The summed E-state index contributed by atoms with van der Waals surface area (Å²) in [5.74, 6) is 0.182. The number of aromatic amines is 1. The van der Waals surface area contributed by atoms with E-state index < -0.39 is 11.9 Å². The summed E-state index contributed by atoms with van der Waals surface area (Å²) in [7, 11) is 1.41. The molecule has 2 aromatic heterocycles. The van der Waals surface area contributed by atoms with Crippen molar-refractivity contribution < 1.29 is 23.8 Å². The van der Waals surface area contributed by atoms with E-state index in [9.17, 15) is 14.3 Å². The number of amides is 1. The van der Waals surface area contributed by atoms with E-state index in [-0.39, 0.29) is 17.7 Å². The number of methoxy groups -OCH3 is 1. The summed E-state index contributed by atoms with van der Waals surface area (Å²) in [5.41, 5.74) is 2.80. The van der Waals surface area contributed by atoms with Gasteiger partial charge in [-0.1, -0.05) is 0 Å². The maximum Gasteiger partial charge on any atom is 0.255 e. The molecule has 2 fully saturated rings. The number of hydrogen-bond acceptors (Lipinski definition) is 7. The van der Waals surface area contributed by atoms with E-state index in [0.717, 1.165) is 12.8 Å². The van der Waals surface area contributed by atoms with E-state index >= 15 is 0 Å². The first-order valence-corrected chi connectivity index (χ1v) is 11.5. The molecule has 1 amide bonds. The van der Waals surface area contributed by atoms with Crippen molar-refractivity contribution in [1.82, 2.24) is 25.6 Å².